The van der Waals surface area contributed by atoms with Crippen molar-refractivity contribution in [2.24, 2.45) is 5.92 Å². The summed E-state index contributed by atoms with van der Waals surface area (Å²) in [5.41, 5.74) is 0.757. The Labute approximate surface area is 133 Å². The van der Waals surface area contributed by atoms with Crippen molar-refractivity contribution in [3.05, 3.63) is 53.0 Å². The monoisotopic (exact) mass is 300 g/mol. The van der Waals surface area contributed by atoms with Gasteiger partial charge in [-0.05, 0) is 38.2 Å². The number of hydrogen-bond donors (Lipinski definition) is 1. The molecule has 0 bridgehead atoms. The lowest BCUT2D eigenvalue weighted by Gasteiger charge is -2.41. The van der Waals surface area contributed by atoms with Crippen LogP contribution in [-0.4, -0.2) is 16.6 Å². The molecule has 1 aliphatic carbocycles. The summed E-state index contributed by atoms with van der Waals surface area (Å²) in [7, 11) is 0. The zero-order valence-electron chi connectivity index (χ0n) is 13.6. The SMILES string of the molecule is CC(C)(c1ccccc1)N(CC1CCCCC1)/C(O)=C\[N+]#N. The molecule has 118 valence electrons. The molecule has 0 aliphatic heterocycles. The molecule has 1 aliphatic rings. The van der Waals surface area contributed by atoms with Gasteiger partial charge in [-0.2, -0.15) is 0 Å². The first-order valence-electron chi connectivity index (χ1n) is 8.12. The number of diazo groups is 1. The molecule has 2 rings (SSSR count). The quantitative estimate of drug-likeness (QED) is 0.614. The summed E-state index contributed by atoms with van der Waals surface area (Å²) >= 11 is 0. The average Bonchev–Trinajstić information content (AvgIpc) is 2.54. The van der Waals surface area contributed by atoms with Crippen LogP contribution in [0.25, 0.3) is 4.98 Å². The molecular formula is C18H26N3O+. The molecule has 1 aromatic carbocycles. The highest BCUT2D eigenvalue weighted by molar-refractivity contribution is 5.24. The summed E-state index contributed by atoms with van der Waals surface area (Å²) in [5.74, 6) is 0.591. The van der Waals surface area contributed by atoms with Crippen molar-refractivity contribution in [1.29, 1.82) is 5.39 Å². The molecule has 0 radical (unpaired) electrons. The van der Waals surface area contributed by atoms with E-state index in [1.165, 1.54) is 32.1 Å². The van der Waals surface area contributed by atoms with Crippen molar-refractivity contribution in [3.63, 3.8) is 0 Å². The second-order valence-corrected chi connectivity index (χ2v) is 6.64. The number of aliphatic hydroxyl groups excluding tert-OH is 1. The molecule has 1 saturated carbocycles. The minimum Gasteiger partial charge on any atom is -0.489 e. The van der Waals surface area contributed by atoms with Crippen LogP contribution < -0.4 is 0 Å². The van der Waals surface area contributed by atoms with Crippen LogP contribution in [0.4, 0.5) is 0 Å². The van der Waals surface area contributed by atoms with Gasteiger partial charge in [0.05, 0.1) is 5.54 Å². The third-order valence-corrected chi connectivity index (χ3v) is 4.77. The Kier molecular flexibility index (Phi) is 5.43. The summed E-state index contributed by atoms with van der Waals surface area (Å²) in [6.07, 6.45) is 7.36. The van der Waals surface area contributed by atoms with Crippen molar-refractivity contribution in [1.82, 2.24) is 4.90 Å². The van der Waals surface area contributed by atoms with Gasteiger partial charge in [0, 0.05) is 6.54 Å². The Morgan fingerprint density at radius 3 is 2.50 bits per heavy atom. The van der Waals surface area contributed by atoms with Crippen LogP contribution in [0.3, 0.4) is 0 Å². The van der Waals surface area contributed by atoms with E-state index in [1.807, 2.05) is 23.1 Å². The Hall–Kier alpha value is -2.02. The van der Waals surface area contributed by atoms with Gasteiger partial charge in [-0.1, -0.05) is 49.6 Å². The predicted octanol–water partition coefficient (Wildman–Crippen LogP) is 5.01. The van der Waals surface area contributed by atoms with Crippen molar-refractivity contribution in [2.45, 2.75) is 51.5 Å². The first-order valence-corrected chi connectivity index (χ1v) is 8.12. The number of nitrogens with zero attached hydrogens (tertiary/aromatic N) is 3. The van der Waals surface area contributed by atoms with Gasteiger partial charge in [-0.15, -0.1) is 0 Å². The predicted molar refractivity (Wildman–Crippen MR) is 88.5 cm³/mol. The maximum absolute atomic E-state index is 10.4. The first-order chi connectivity index (χ1) is 10.6. The third kappa shape index (κ3) is 3.79. The number of hydrogen-bond acceptors (Lipinski definition) is 3. The van der Waals surface area contributed by atoms with Crippen LogP contribution >= 0.6 is 0 Å². The topological polar surface area (TPSA) is 51.6 Å². The van der Waals surface area contributed by atoms with Gasteiger partial charge < -0.3 is 10.0 Å². The fourth-order valence-electron chi connectivity index (χ4n) is 3.36. The summed E-state index contributed by atoms with van der Waals surface area (Å²) in [4.78, 5) is 4.96. The molecule has 22 heavy (non-hydrogen) atoms. The molecule has 0 aromatic heterocycles. The lowest BCUT2D eigenvalue weighted by Crippen LogP contribution is -2.43. The highest BCUT2D eigenvalue weighted by atomic mass is 16.3. The second-order valence-electron chi connectivity index (χ2n) is 6.64. The summed E-state index contributed by atoms with van der Waals surface area (Å²) in [6, 6.07) is 10.1. The fourth-order valence-corrected chi connectivity index (χ4v) is 3.36. The van der Waals surface area contributed by atoms with Gasteiger partial charge in [0.15, 0.2) is 4.98 Å². The molecule has 0 unspecified atom stereocenters. The van der Waals surface area contributed by atoms with E-state index in [-0.39, 0.29) is 11.4 Å². The first kappa shape index (κ1) is 16.4. The zero-order valence-corrected chi connectivity index (χ0v) is 13.6. The zero-order chi connectivity index (χ0) is 16.0. The van der Waals surface area contributed by atoms with Gasteiger partial charge in [0.25, 0.3) is 5.88 Å². The Morgan fingerprint density at radius 2 is 1.91 bits per heavy atom. The van der Waals surface area contributed by atoms with Crippen LogP contribution in [-0.2, 0) is 5.54 Å². The number of benzene rings is 1. The standard InChI is InChI=1S/C18H25N3O/c1-18(2,16-11-7-4-8-12-16)21(17(22)13-20-19)14-15-9-5-3-6-10-15/h4,7-8,11-13,15H,3,5-6,9-10,14H2,1-2H3/p+1/b17-13+. The molecule has 4 nitrogen and oxygen atoms in total. The Bertz CT molecular complexity index is 539. The van der Waals surface area contributed by atoms with E-state index < -0.39 is 0 Å². The molecular weight excluding hydrogens is 274 g/mol. The lowest BCUT2D eigenvalue weighted by molar-refractivity contribution is 0.0676. The van der Waals surface area contributed by atoms with Crippen LogP contribution in [0.5, 0.6) is 0 Å². The number of aliphatic hydroxyl groups is 1. The molecule has 1 N–H and O–H groups in total. The molecule has 4 heteroatoms. The summed E-state index contributed by atoms with van der Waals surface area (Å²) in [5, 5.41) is 19.2. The molecule has 0 heterocycles. The molecule has 0 spiro atoms. The molecule has 1 aromatic rings. The lowest BCUT2D eigenvalue weighted by atomic mass is 9.86. The summed E-state index contributed by atoms with van der Waals surface area (Å²) in [6.45, 7) is 4.96. The van der Waals surface area contributed by atoms with Crippen molar-refractivity contribution < 1.29 is 5.11 Å². The molecule has 1 fully saturated rings. The Morgan fingerprint density at radius 1 is 1.27 bits per heavy atom. The van der Waals surface area contributed by atoms with Gasteiger partial charge in [0.1, 0.15) is 0 Å². The molecule has 0 atom stereocenters. The van der Waals surface area contributed by atoms with Crippen LogP contribution in [0, 0.1) is 11.3 Å². The van der Waals surface area contributed by atoms with E-state index >= 15 is 0 Å². The minimum atomic E-state index is -0.371. The largest absolute Gasteiger partial charge is 0.489 e. The highest BCUT2D eigenvalue weighted by Gasteiger charge is 2.34. The van der Waals surface area contributed by atoms with E-state index in [1.54, 1.807) is 0 Å². The van der Waals surface area contributed by atoms with E-state index in [4.69, 9.17) is 5.39 Å². The normalized spacial score (nSPS) is 17.0. The van der Waals surface area contributed by atoms with Crippen molar-refractivity contribution in [3.8, 4) is 0 Å². The fraction of sp³-hybridized carbons (Fsp3) is 0.556. The maximum Gasteiger partial charge on any atom is 0.409 e. The second kappa shape index (κ2) is 7.31. The summed E-state index contributed by atoms with van der Waals surface area (Å²) < 4.78 is 0. The van der Waals surface area contributed by atoms with E-state index in [0.29, 0.717) is 5.92 Å². The van der Waals surface area contributed by atoms with Crippen molar-refractivity contribution in [2.75, 3.05) is 6.54 Å². The van der Waals surface area contributed by atoms with E-state index in [0.717, 1.165) is 18.3 Å². The average molecular weight is 300 g/mol. The number of rotatable bonds is 5. The van der Waals surface area contributed by atoms with Gasteiger partial charge in [0.2, 0.25) is 5.39 Å². The maximum atomic E-state index is 10.4. The molecule has 0 saturated heterocycles. The smallest absolute Gasteiger partial charge is 0.409 e. The van der Waals surface area contributed by atoms with E-state index in [2.05, 4.69) is 31.0 Å². The van der Waals surface area contributed by atoms with Crippen molar-refractivity contribution >= 4 is 0 Å². The molecule has 0 amide bonds. The van der Waals surface area contributed by atoms with Crippen LogP contribution in [0.2, 0.25) is 0 Å². The van der Waals surface area contributed by atoms with Gasteiger partial charge in [-0.3, -0.25) is 0 Å². The highest BCUT2D eigenvalue weighted by Crippen LogP contribution is 2.34. The third-order valence-electron chi connectivity index (χ3n) is 4.77. The Balaban J connectivity index is 2.27. The van der Waals surface area contributed by atoms with Crippen LogP contribution in [0.1, 0.15) is 51.5 Å². The van der Waals surface area contributed by atoms with Crippen LogP contribution in [0.15, 0.2) is 42.4 Å². The van der Waals surface area contributed by atoms with E-state index in [9.17, 15) is 5.11 Å². The van der Waals surface area contributed by atoms with Gasteiger partial charge >= 0.3 is 6.20 Å². The minimum absolute atomic E-state index is 0.0157. The van der Waals surface area contributed by atoms with Gasteiger partial charge in [-0.25, -0.2) is 0 Å².